The van der Waals surface area contributed by atoms with Crippen LogP contribution in [0.2, 0.25) is 10.0 Å². The highest BCUT2D eigenvalue weighted by molar-refractivity contribution is 6.70. The molecule has 0 aromatic heterocycles. The average Bonchev–Trinajstić information content (AvgIpc) is 2.10. The van der Waals surface area contributed by atoms with Crippen LogP contribution in [-0.2, 0) is 11.4 Å². The highest BCUT2D eigenvalue weighted by atomic mass is 35.6. The van der Waals surface area contributed by atoms with E-state index in [0.717, 1.165) is 0 Å². The van der Waals surface area contributed by atoms with Gasteiger partial charge < -0.3 is 0 Å². The molecule has 0 atom stereocenters. The summed E-state index contributed by atoms with van der Waals surface area (Å²) in [5.74, 6) is 0. The minimum absolute atomic E-state index is 0.0313. The maximum absolute atomic E-state index is 6.09. The Bertz CT molecular complexity index is 478. The third kappa shape index (κ3) is 4.71. The molecule has 0 nitrogen and oxygen atoms in total. The first-order valence-electron chi connectivity index (χ1n) is 4.41. The smallest absolute Gasteiger partial charge is 0.0834 e. The van der Waals surface area contributed by atoms with E-state index in [1.54, 1.807) is 0 Å². The van der Waals surface area contributed by atoms with Crippen LogP contribution < -0.4 is 0 Å². The number of alkyl halides is 9. The number of halogens is 11. The SMILES string of the molecule is Clc1c(C(Cl)(Cl)Cl)cc(C(Cl)(Cl)Cl)c(Cl)c1C(Cl)(Cl)Cl. The van der Waals surface area contributed by atoms with Crippen molar-refractivity contribution >= 4 is 128 Å². The molecule has 0 unspecified atom stereocenters. The Hall–Kier alpha value is 2.41. The Morgan fingerprint density at radius 1 is 0.550 bits per heavy atom. The van der Waals surface area contributed by atoms with Crippen LogP contribution in [0.25, 0.3) is 0 Å². The van der Waals surface area contributed by atoms with Crippen molar-refractivity contribution in [1.29, 1.82) is 0 Å². The molecule has 114 valence electrons. The summed E-state index contributed by atoms with van der Waals surface area (Å²) in [6.07, 6.45) is 0. The average molecular weight is 499 g/mol. The monoisotopic (exact) mass is 494 g/mol. The van der Waals surface area contributed by atoms with Crippen LogP contribution in [0.4, 0.5) is 0 Å². The fraction of sp³-hybridized carbons (Fsp3) is 0.333. The lowest BCUT2D eigenvalue weighted by atomic mass is 10.1. The van der Waals surface area contributed by atoms with E-state index < -0.39 is 11.4 Å². The molecule has 0 spiro atoms. The summed E-state index contributed by atoms with van der Waals surface area (Å²) in [6.45, 7) is 0. The number of hydrogen-bond acceptors (Lipinski definition) is 0. The molecule has 0 saturated heterocycles. The fourth-order valence-corrected chi connectivity index (χ4v) is 4.25. The quantitative estimate of drug-likeness (QED) is 0.314. The number of rotatable bonds is 0. The molecule has 20 heavy (non-hydrogen) atoms. The molecule has 1 aromatic rings. The lowest BCUT2D eigenvalue weighted by Gasteiger charge is -2.25. The van der Waals surface area contributed by atoms with Crippen molar-refractivity contribution in [2.45, 2.75) is 11.4 Å². The molecular formula is C9HCl11. The zero-order valence-corrected chi connectivity index (χ0v) is 17.1. The van der Waals surface area contributed by atoms with E-state index in [1.165, 1.54) is 6.07 Å². The van der Waals surface area contributed by atoms with E-state index in [1.807, 2.05) is 0 Å². The molecule has 1 aromatic carbocycles. The Labute approximate surface area is 170 Å². The first kappa shape index (κ1) is 20.5. The van der Waals surface area contributed by atoms with Crippen molar-refractivity contribution in [2.24, 2.45) is 0 Å². The first-order chi connectivity index (χ1) is 8.67. The molecule has 0 N–H and O–H groups in total. The van der Waals surface area contributed by atoms with Crippen LogP contribution in [0, 0.1) is 0 Å². The van der Waals surface area contributed by atoms with Crippen LogP contribution >= 0.6 is 128 Å². The molecule has 0 amide bonds. The summed E-state index contributed by atoms with van der Waals surface area (Å²) in [6, 6.07) is 1.23. The van der Waals surface area contributed by atoms with E-state index in [0.29, 0.717) is 0 Å². The molecule has 1 rings (SSSR count). The normalized spacial score (nSPS) is 13.8. The van der Waals surface area contributed by atoms with E-state index in [2.05, 4.69) is 0 Å². The van der Waals surface area contributed by atoms with Crippen LogP contribution in [0.15, 0.2) is 6.07 Å². The predicted octanol–water partition coefficient (Wildman–Crippen LogP) is 8.47. The molecule has 0 aliphatic heterocycles. The van der Waals surface area contributed by atoms with Crippen LogP contribution in [-0.4, -0.2) is 0 Å². The van der Waals surface area contributed by atoms with Gasteiger partial charge in [-0.05, 0) is 6.07 Å². The highest BCUT2D eigenvalue weighted by Crippen LogP contribution is 2.55. The van der Waals surface area contributed by atoms with Crippen molar-refractivity contribution in [2.75, 3.05) is 0 Å². The van der Waals surface area contributed by atoms with Gasteiger partial charge in [0.05, 0.1) is 10.0 Å². The maximum Gasteiger partial charge on any atom is 0.218 e. The molecule has 0 fully saturated rings. The number of benzene rings is 1. The minimum atomic E-state index is -2.01. The van der Waals surface area contributed by atoms with E-state index >= 15 is 0 Å². The Morgan fingerprint density at radius 2 is 0.850 bits per heavy atom. The Morgan fingerprint density at radius 3 is 1.05 bits per heavy atom. The largest absolute Gasteiger partial charge is 0.218 e. The Balaban J connectivity index is 3.86. The summed E-state index contributed by atoms with van der Waals surface area (Å²) >= 11 is 64.5. The summed E-state index contributed by atoms with van der Waals surface area (Å²) in [5.41, 5.74) is -0.205. The van der Waals surface area contributed by atoms with Crippen molar-refractivity contribution < 1.29 is 0 Å². The van der Waals surface area contributed by atoms with Gasteiger partial charge in [-0.3, -0.25) is 0 Å². The zero-order valence-electron chi connectivity index (χ0n) is 8.73. The third-order valence-corrected chi connectivity index (χ3v) is 4.67. The van der Waals surface area contributed by atoms with Gasteiger partial charge in [0.25, 0.3) is 0 Å². The second-order valence-electron chi connectivity index (χ2n) is 3.47. The Kier molecular flexibility index (Phi) is 6.88. The molecule has 0 radical (unpaired) electrons. The minimum Gasteiger partial charge on any atom is -0.0834 e. The summed E-state index contributed by atoms with van der Waals surface area (Å²) in [4.78, 5) is 0. The molecule has 0 saturated carbocycles. The standard InChI is InChI=1S/C9HCl11/c10-5-2(7(12,13)14)1-3(8(15,16)17)6(11)4(5)9(18,19)20/h1H. The van der Waals surface area contributed by atoms with Crippen LogP contribution in [0.5, 0.6) is 0 Å². The zero-order chi connectivity index (χ0) is 16.1. The van der Waals surface area contributed by atoms with Gasteiger partial charge in [0.1, 0.15) is 0 Å². The van der Waals surface area contributed by atoms with Gasteiger partial charge in [-0.25, -0.2) is 0 Å². The van der Waals surface area contributed by atoms with Crippen molar-refractivity contribution in [3.05, 3.63) is 32.8 Å². The van der Waals surface area contributed by atoms with Crippen molar-refractivity contribution in [3.8, 4) is 0 Å². The second kappa shape index (κ2) is 6.73. The predicted molar refractivity (Wildman–Crippen MR) is 94.2 cm³/mol. The van der Waals surface area contributed by atoms with Gasteiger partial charge >= 0.3 is 0 Å². The van der Waals surface area contributed by atoms with Crippen molar-refractivity contribution in [3.63, 3.8) is 0 Å². The van der Waals surface area contributed by atoms with Gasteiger partial charge in [-0.2, -0.15) is 0 Å². The lowest BCUT2D eigenvalue weighted by Crippen LogP contribution is -2.14. The molecular weight excluding hydrogens is 498 g/mol. The molecule has 11 heteroatoms. The van der Waals surface area contributed by atoms with E-state index in [-0.39, 0.29) is 26.7 Å². The van der Waals surface area contributed by atoms with Gasteiger partial charge in [0, 0.05) is 16.7 Å². The highest BCUT2D eigenvalue weighted by Gasteiger charge is 2.40. The van der Waals surface area contributed by atoms with Crippen LogP contribution in [0.1, 0.15) is 16.7 Å². The van der Waals surface area contributed by atoms with Crippen molar-refractivity contribution in [1.82, 2.24) is 0 Å². The molecule has 0 aliphatic rings. The maximum atomic E-state index is 6.09. The first-order valence-corrected chi connectivity index (χ1v) is 8.56. The van der Waals surface area contributed by atoms with Gasteiger partial charge in [-0.15, -0.1) is 0 Å². The summed E-state index contributed by atoms with van der Waals surface area (Å²) in [5, 5.41) is -0.291. The fourth-order valence-electron chi connectivity index (χ4n) is 1.30. The molecule has 0 aliphatic carbocycles. The number of hydrogen-bond donors (Lipinski definition) is 0. The molecule has 0 bridgehead atoms. The van der Waals surface area contributed by atoms with Gasteiger partial charge in [0.2, 0.25) is 11.4 Å². The van der Waals surface area contributed by atoms with E-state index in [9.17, 15) is 0 Å². The second-order valence-corrected chi connectivity index (χ2v) is 11.1. The van der Waals surface area contributed by atoms with Gasteiger partial charge in [-0.1, -0.05) is 128 Å². The summed E-state index contributed by atoms with van der Waals surface area (Å²) in [7, 11) is 0. The lowest BCUT2D eigenvalue weighted by molar-refractivity contribution is 1.11. The van der Waals surface area contributed by atoms with Gasteiger partial charge in [0.15, 0.2) is 0 Å². The summed E-state index contributed by atoms with van der Waals surface area (Å²) < 4.78 is -5.88. The molecule has 0 heterocycles. The van der Waals surface area contributed by atoms with Crippen LogP contribution in [0.3, 0.4) is 0 Å². The topological polar surface area (TPSA) is 0 Å². The third-order valence-electron chi connectivity index (χ3n) is 2.09. The van der Waals surface area contributed by atoms with E-state index in [4.69, 9.17) is 128 Å².